The molecule has 1 fully saturated rings. The molecule has 1 aliphatic rings. The van der Waals surface area contributed by atoms with Crippen molar-refractivity contribution in [1.82, 2.24) is 4.90 Å². The standard InChI is InChI=1S/C21H23NO4/c1-14(16-10-12-18(25-4)13-11-16)22-20(24)19(26-15(2)23)21(22,3)17-8-6-5-7-9-17/h5-14,19H,1-4H3/t14-,19?,21?/m0/s1. The first kappa shape index (κ1) is 18.0. The Balaban J connectivity index is 1.98. The van der Waals surface area contributed by atoms with Gasteiger partial charge in [-0.3, -0.25) is 9.59 Å². The van der Waals surface area contributed by atoms with Crippen LogP contribution in [0.15, 0.2) is 54.6 Å². The summed E-state index contributed by atoms with van der Waals surface area (Å²) in [5.41, 5.74) is 1.21. The molecule has 0 spiro atoms. The molecule has 0 aromatic heterocycles. The minimum absolute atomic E-state index is 0.176. The van der Waals surface area contributed by atoms with E-state index >= 15 is 0 Å². The normalized spacial score (nSPS) is 23.2. The van der Waals surface area contributed by atoms with E-state index in [0.717, 1.165) is 16.9 Å². The average Bonchev–Trinajstić information content (AvgIpc) is 2.66. The van der Waals surface area contributed by atoms with Crippen molar-refractivity contribution in [3.05, 3.63) is 65.7 Å². The molecule has 1 amide bonds. The van der Waals surface area contributed by atoms with E-state index in [0.29, 0.717) is 0 Å². The molecule has 3 atom stereocenters. The maximum absolute atomic E-state index is 12.8. The molecule has 2 aromatic rings. The second-order valence-corrected chi connectivity index (χ2v) is 6.66. The van der Waals surface area contributed by atoms with Gasteiger partial charge in [-0.1, -0.05) is 42.5 Å². The number of carbonyl (C=O) groups excluding carboxylic acids is 2. The van der Waals surface area contributed by atoms with Gasteiger partial charge in [-0.05, 0) is 37.1 Å². The van der Waals surface area contributed by atoms with Crippen LogP contribution >= 0.6 is 0 Å². The molecule has 5 heteroatoms. The summed E-state index contributed by atoms with van der Waals surface area (Å²) in [5, 5.41) is 0. The Kier molecular flexibility index (Phi) is 4.72. The summed E-state index contributed by atoms with van der Waals surface area (Å²) in [5.74, 6) is 0.122. The number of methoxy groups -OCH3 is 1. The minimum Gasteiger partial charge on any atom is -0.497 e. The molecule has 0 radical (unpaired) electrons. The van der Waals surface area contributed by atoms with Gasteiger partial charge in [0.1, 0.15) is 11.3 Å². The lowest BCUT2D eigenvalue weighted by Gasteiger charge is -2.57. The molecule has 0 bridgehead atoms. The highest BCUT2D eigenvalue weighted by atomic mass is 16.6. The summed E-state index contributed by atoms with van der Waals surface area (Å²) in [4.78, 5) is 26.2. The van der Waals surface area contributed by atoms with Gasteiger partial charge in [-0.25, -0.2) is 0 Å². The monoisotopic (exact) mass is 353 g/mol. The van der Waals surface area contributed by atoms with Gasteiger partial charge in [0.15, 0.2) is 0 Å². The number of hydrogen-bond acceptors (Lipinski definition) is 4. The topological polar surface area (TPSA) is 55.8 Å². The number of hydrogen-bond donors (Lipinski definition) is 0. The predicted molar refractivity (Wildman–Crippen MR) is 97.6 cm³/mol. The highest BCUT2D eigenvalue weighted by Crippen LogP contribution is 2.48. The van der Waals surface area contributed by atoms with Gasteiger partial charge in [0, 0.05) is 6.92 Å². The van der Waals surface area contributed by atoms with Crippen molar-refractivity contribution >= 4 is 11.9 Å². The first-order valence-electron chi connectivity index (χ1n) is 8.59. The van der Waals surface area contributed by atoms with Crippen molar-refractivity contribution < 1.29 is 19.1 Å². The molecule has 1 saturated heterocycles. The van der Waals surface area contributed by atoms with Crippen molar-refractivity contribution in [3.63, 3.8) is 0 Å². The van der Waals surface area contributed by atoms with Crippen LogP contribution in [0.4, 0.5) is 0 Å². The summed E-state index contributed by atoms with van der Waals surface area (Å²) >= 11 is 0. The molecular weight excluding hydrogens is 330 g/mol. The molecule has 1 heterocycles. The fourth-order valence-electron chi connectivity index (χ4n) is 3.68. The van der Waals surface area contributed by atoms with Crippen LogP contribution < -0.4 is 4.74 Å². The third kappa shape index (κ3) is 2.83. The summed E-state index contributed by atoms with van der Waals surface area (Å²) < 4.78 is 10.6. The quantitative estimate of drug-likeness (QED) is 0.610. The van der Waals surface area contributed by atoms with E-state index in [9.17, 15) is 9.59 Å². The maximum Gasteiger partial charge on any atom is 0.303 e. The van der Waals surface area contributed by atoms with Crippen LogP contribution in [0.1, 0.15) is 37.9 Å². The number of β-lactam (4-membered cyclic amide) rings is 1. The van der Waals surface area contributed by atoms with Crippen LogP contribution in [0, 0.1) is 0 Å². The van der Waals surface area contributed by atoms with E-state index in [-0.39, 0.29) is 11.9 Å². The molecule has 0 aliphatic carbocycles. The second-order valence-electron chi connectivity index (χ2n) is 6.66. The predicted octanol–water partition coefficient (Wildman–Crippen LogP) is 3.45. The van der Waals surface area contributed by atoms with Crippen molar-refractivity contribution in [3.8, 4) is 5.75 Å². The van der Waals surface area contributed by atoms with Gasteiger partial charge >= 0.3 is 5.97 Å². The van der Waals surface area contributed by atoms with Gasteiger partial charge < -0.3 is 14.4 Å². The lowest BCUT2D eigenvalue weighted by molar-refractivity contribution is -0.204. The van der Waals surface area contributed by atoms with Gasteiger partial charge in [-0.2, -0.15) is 0 Å². The molecule has 2 unspecified atom stereocenters. The van der Waals surface area contributed by atoms with Crippen LogP contribution in [-0.2, 0) is 19.9 Å². The fraction of sp³-hybridized carbons (Fsp3) is 0.333. The highest BCUT2D eigenvalue weighted by molar-refractivity contribution is 5.93. The Morgan fingerprint density at radius 1 is 1.12 bits per heavy atom. The average molecular weight is 353 g/mol. The molecule has 1 aliphatic heterocycles. The van der Waals surface area contributed by atoms with Crippen molar-refractivity contribution in [2.24, 2.45) is 0 Å². The number of amides is 1. The third-order valence-electron chi connectivity index (χ3n) is 5.10. The first-order chi connectivity index (χ1) is 12.4. The van der Waals surface area contributed by atoms with E-state index in [1.54, 1.807) is 12.0 Å². The van der Waals surface area contributed by atoms with E-state index in [1.807, 2.05) is 68.4 Å². The van der Waals surface area contributed by atoms with Crippen molar-refractivity contribution in [2.75, 3.05) is 7.11 Å². The summed E-state index contributed by atoms with van der Waals surface area (Å²) in [6.07, 6.45) is -0.817. The Labute approximate surface area is 153 Å². The van der Waals surface area contributed by atoms with Crippen LogP contribution in [0.3, 0.4) is 0 Å². The SMILES string of the molecule is COc1ccc([C@H](C)N2C(=O)C(OC(C)=O)C2(C)c2ccccc2)cc1. The maximum atomic E-state index is 12.8. The molecule has 2 aromatic carbocycles. The number of benzene rings is 2. The van der Waals surface area contributed by atoms with Crippen LogP contribution in [0.5, 0.6) is 5.75 Å². The molecule has 0 saturated carbocycles. The Morgan fingerprint density at radius 3 is 2.27 bits per heavy atom. The molecule has 0 N–H and O–H groups in total. The van der Waals surface area contributed by atoms with Crippen molar-refractivity contribution in [1.29, 1.82) is 0 Å². The Hall–Kier alpha value is -2.82. The van der Waals surface area contributed by atoms with E-state index < -0.39 is 17.6 Å². The largest absolute Gasteiger partial charge is 0.497 e. The third-order valence-corrected chi connectivity index (χ3v) is 5.10. The summed E-state index contributed by atoms with van der Waals surface area (Å²) in [6, 6.07) is 17.1. The number of ether oxygens (including phenoxy) is 2. The second kappa shape index (κ2) is 6.83. The Morgan fingerprint density at radius 2 is 1.73 bits per heavy atom. The lowest BCUT2D eigenvalue weighted by Crippen LogP contribution is -2.72. The fourth-order valence-corrected chi connectivity index (χ4v) is 3.68. The molecule has 26 heavy (non-hydrogen) atoms. The van der Waals surface area contributed by atoms with Crippen LogP contribution in [-0.4, -0.2) is 30.0 Å². The van der Waals surface area contributed by atoms with Gasteiger partial charge in [0.2, 0.25) is 6.10 Å². The lowest BCUT2D eigenvalue weighted by atomic mass is 9.74. The van der Waals surface area contributed by atoms with Crippen LogP contribution in [0.25, 0.3) is 0 Å². The number of rotatable bonds is 5. The van der Waals surface area contributed by atoms with Gasteiger partial charge in [-0.15, -0.1) is 0 Å². The van der Waals surface area contributed by atoms with Gasteiger partial charge in [0.25, 0.3) is 5.91 Å². The van der Waals surface area contributed by atoms with Gasteiger partial charge in [0.05, 0.1) is 13.2 Å². The van der Waals surface area contributed by atoms with E-state index in [4.69, 9.17) is 9.47 Å². The zero-order chi connectivity index (χ0) is 18.9. The zero-order valence-corrected chi connectivity index (χ0v) is 15.4. The Bertz CT molecular complexity index is 803. The van der Waals surface area contributed by atoms with Crippen molar-refractivity contribution in [2.45, 2.75) is 38.5 Å². The van der Waals surface area contributed by atoms with Crippen LogP contribution in [0.2, 0.25) is 0 Å². The number of carbonyl (C=O) groups is 2. The molecule has 5 nitrogen and oxygen atoms in total. The number of likely N-dealkylation sites (tertiary alicyclic amines) is 1. The first-order valence-corrected chi connectivity index (χ1v) is 8.59. The smallest absolute Gasteiger partial charge is 0.303 e. The number of nitrogens with zero attached hydrogens (tertiary/aromatic N) is 1. The van der Waals surface area contributed by atoms with E-state index in [1.165, 1.54) is 6.92 Å². The molecule has 136 valence electrons. The molecular formula is C21H23NO4. The summed E-state index contributed by atoms with van der Waals surface area (Å²) in [6.45, 7) is 5.25. The minimum atomic E-state index is -0.817. The summed E-state index contributed by atoms with van der Waals surface area (Å²) in [7, 11) is 1.62. The molecule has 3 rings (SSSR count). The highest BCUT2D eigenvalue weighted by Gasteiger charge is 2.61. The number of esters is 1. The zero-order valence-electron chi connectivity index (χ0n) is 15.4. The van der Waals surface area contributed by atoms with E-state index in [2.05, 4.69) is 0 Å².